The van der Waals surface area contributed by atoms with Crippen LogP contribution in [0.1, 0.15) is 6.92 Å². The lowest BCUT2D eigenvalue weighted by molar-refractivity contribution is -0.114. The smallest absolute Gasteiger partial charge is 0.261 e. The summed E-state index contributed by atoms with van der Waals surface area (Å²) in [6.07, 6.45) is 0. The number of aromatic nitrogens is 3. The van der Waals surface area contributed by atoms with Gasteiger partial charge in [-0.25, -0.2) is 0 Å². The molecule has 3 N–H and O–H groups in total. The van der Waals surface area contributed by atoms with E-state index in [-0.39, 0.29) is 17.3 Å². The fourth-order valence-electron chi connectivity index (χ4n) is 2.01. The van der Waals surface area contributed by atoms with Gasteiger partial charge in [-0.05, 0) is 6.07 Å². The Labute approximate surface area is 101 Å². The third-order valence-corrected chi connectivity index (χ3v) is 2.73. The van der Waals surface area contributed by atoms with E-state index in [9.17, 15) is 9.59 Å². The second-order valence-electron chi connectivity index (χ2n) is 4.00. The van der Waals surface area contributed by atoms with Gasteiger partial charge in [0.1, 0.15) is 5.39 Å². The molecule has 90 valence electrons. The molecule has 3 aromatic rings. The molecule has 0 saturated carbocycles. The van der Waals surface area contributed by atoms with E-state index in [2.05, 4.69) is 20.5 Å². The van der Waals surface area contributed by atoms with Crippen LogP contribution in [-0.2, 0) is 4.79 Å². The van der Waals surface area contributed by atoms with E-state index in [1.807, 2.05) is 24.3 Å². The molecule has 0 atom stereocenters. The van der Waals surface area contributed by atoms with Gasteiger partial charge in [0, 0.05) is 12.3 Å². The van der Waals surface area contributed by atoms with Crippen LogP contribution in [-0.4, -0.2) is 21.1 Å². The first-order valence-corrected chi connectivity index (χ1v) is 5.43. The lowest BCUT2D eigenvalue weighted by Crippen LogP contribution is -2.11. The van der Waals surface area contributed by atoms with Crippen LogP contribution in [0.4, 0.5) is 5.82 Å². The minimum absolute atomic E-state index is 0.254. The number of fused-ring (bicyclic) bond motifs is 3. The zero-order valence-corrected chi connectivity index (χ0v) is 9.57. The highest BCUT2D eigenvalue weighted by atomic mass is 16.1. The molecule has 0 spiro atoms. The highest BCUT2D eigenvalue weighted by molar-refractivity contribution is 6.08. The van der Waals surface area contributed by atoms with Crippen molar-refractivity contribution in [1.82, 2.24) is 15.2 Å². The summed E-state index contributed by atoms with van der Waals surface area (Å²) in [6.45, 7) is 1.37. The molecule has 18 heavy (non-hydrogen) atoms. The Kier molecular flexibility index (Phi) is 2.16. The van der Waals surface area contributed by atoms with Gasteiger partial charge in [-0.1, -0.05) is 18.2 Å². The largest absolute Gasteiger partial charge is 0.321 e. The van der Waals surface area contributed by atoms with E-state index in [4.69, 9.17) is 0 Å². The van der Waals surface area contributed by atoms with Crippen LogP contribution in [0.5, 0.6) is 0 Å². The van der Waals surface area contributed by atoms with Crippen molar-refractivity contribution in [2.24, 2.45) is 0 Å². The lowest BCUT2D eigenvalue weighted by atomic mass is 10.1. The number of rotatable bonds is 1. The Balaban J connectivity index is 2.42. The summed E-state index contributed by atoms with van der Waals surface area (Å²) in [7, 11) is 0. The molecule has 6 heteroatoms. The Hall–Kier alpha value is -2.63. The monoisotopic (exact) mass is 242 g/mol. The van der Waals surface area contributed by atoms with Crippen molar-refractivity contribution >= 4 is 33.5 Å². The Morgan fingerprint density at radius 2 is 2.11 bits per heavy atom. The van der Waals surface area contributed by atoms with Gasteiger partial charge in [-0.2, -0.15) is 5.10 Å². The normalized spacial score (nSPS) is 10.9. The first kappa shape index (κ1) is 10.5. The summed E-state index contributed by atoms with van der Waals surface area (Å²) < 4.78 is 0. The van der Waals surface area contributed by atoms with Crippen molar-refractivity contribution in [3.8, 4) is 0 Å². The summed E-state index contributed by atoms with van der Waals surface area (Å²) in [5.74, 6) is -0.0135. The van der Waals surface area contributed by atoms with Crippen LogP contribution in [0.15, 0.2) is 29.1 Å². The van der Waals surface area contributed by atoms with Gasteiger partial charge in [0.2, 0.25) is 5.91 Å². The highest BCUT2D eigenvalue weighted by Gasteiger charge is 2.13. The van der Waals surface area contributed by atoms with Gasteiger partial charge in [-0.3, -0.25) is 14.7 Å². The number of hydrogen-bond acceptors (Lipinski definition) is 3. The molecule has 0 radical (unpaired) electrons. The van der Waals surface area contributed by atoms with Crippen molar-refractivity contribution < 1.29 is 4.79 Å². The highest BCUT2D eigenvalue weighted by Crippen LogP contribution is 2.23. The maximum Gasteiger partial charge on any atom is 0.261 e. The first-order chi connectivity index (χ1) is 8.66. The van der Waals surface area contributed by atoms with Gasteiger partial charge < -0.3 is 10.3 Å². The van der Waals surface area contributed by atoms with E-state index in [1.165, 1.54) is 6.92 Å². The SMILES string of the molecule is CC(=O)Nc1n[nH]c2c1c(=O)[nH]c1ccccc12. The fraction of sp³-hybridized carbons (Fsp3) is 0.0833. The van der Waals surface area contributed by atoms with Crippen molar-refractivity contribution in [3.05, 3.63) is 34.6 Å². The van der Waals surface area contributed by atoms with Gasteiger partial charge in [0.25, 0.3) is 5.56 Å². The molecule has 3 rings (SSSR count). The fourth-order valence-corrected chi connectivity index (χ4v) is 2.01. The number of nitrogens with zero attached hydrogens (tertiary/aromatic N) is 1. The Bertz CT molecular complexity index is 816. The zero-order valence-electron chi connectivity index (χ0n) is 9.57. The van der Waals surface area contributed by atoms with Crippen molar-refractivity contribution in [1.29, 1.82) is 0 Å². The van der Waals surface area contributed by atoms with Crippen LogP contribution in [0.2, 0.25) is 0 Å². The van der Waals surface area contributed by atoms with Crippen LogP contribution in [0, 0.1) is 0 Å². The first-order valence-electron chi connectivity index (χ1n) is 5.43. The predicted molar refractivity (Wildman–Crippen MR) is 68.5 cm³/mol. The average Bonchev–Trinajstić information content (AvgIpc) is 2.73. The number of carbonyl (C=O) groups is 1. The predicted octanol–water partition coefficient (Wildman–Crippen LogP) is 1.36. The zero-order chi connectivity index (χ0) is 12.7. The van der Waals surface area contributed by atoms with Gasteiger partial charge in [-0.15, -0.1) is 0 Å². The van der Waals surface area contributed by atoms with Gasteiger partial charge in [0.15, 0.2) is 5.82 Å². The molecule has 0 bridgehead atoms. The molecular formula is C12H10N4O2. The number of hydrogen-bond donors (Lipinski definition) is 3. The maximum atomic E-state index is 12.0. The third-order valence-electron chi connectivity index (χ3n) is 2.73. The molecule has 6 nitrogen and oxygen atoms in total. The number of para-hydroxylation sites is 1. The van der Waals surface area contributed by atoms with E-state index in [1.54, 1.807) is 0 Å². The molecule has 2 heterocycles. The molecule has 0 aliphatic carbocycles. The summed E-state index contributed by atoms with van der Waals surface area (Å²) in [5, 5.41) is 10.5. The topological polar surface area (TPSA) is 90.6 Å². The molecule has 1 amide bonds. The standard InChI is InChI=1S/C12H10N4O2/c1-6(17)13-11-9-10(15-16-11)7-4-2-3-5-8(7)14-12(9)18/h2-5H,1H3,(H,14,18)(H2,13,15,16,17). The second kappa shape index (κ2) is 3.69. The number of benzene rings is 1. The number of amides is 1. The van der Waals surface area contributed by atoms with Gasteiger partial charge in [0.05, 0.1) is 11.0 Å². The maximum absolute atomic E-state index is 12.0. The van der Waals surface area contributed by atoms with Crippen molar-refractivity contribution in [3.63, 3.8) is 0 Å². The number of nitrogens with one attached hydrogen (secondary N) is 3. The number of pyridine rings is 1. The molecule has 2 aromatic heterocycles. The second-order valence-corrected chi connectivity index (χ2v) is 4.00. The van der Waals surface area contributed by atoms with Crippen LogP contribution in [0.3, 0.4) is 0 Å². The Morgan fingerprint density at radius 3 is 2.89 bits per heavy atom. The van der Waals surface area contributed by atoms with Crippen LogP contribution < -0.4 is 10.9 Å². The minimum Gasteiger partial charge on any atom is -0.321 e. The van der Waals surface area contributed by atoms with E-state index in [0.717, 1.165) is 10.9 Å². The molecule has 0 fully saturated rings. The minimum atomic E-state index is -0.277. The number of carbonyl (C=O) groups excluding carboxylic acids is 1. The molecule has 0 unspecified atom stereocenters. The summed E-state index contributed by atoms with van der Waals surface area (Å²) in [6, 6.07) is 7.41. The molecule has 0 saturated heterocycles. The Morgan fingerprint density at radius 1 is 1.33 bits per heavy atom. The molecule has 0 aliphatic heterocycles. The average molecular weight is 242 g/mol. The van der Waals surface area contributed by atoms with Crippen molar-refractivity contribution in [2.75, 3.05) is 5.32 Å². The lowest BCUT2D eigenvalue weighted by Gasteiger charge is -1.99. The molecular weight excluding hydrogens is 232 g/mol. The van der Waals surface area contributed by atoms with Crippen molar-refractivity contribution in [2.45, 2.75) is 6.92 Å². The summed E-state index contributed by atoms with van der Waals surface area (Å²) >= 11 is 0. The quantitative estimate of drug-likeness (QED) is 0.601. The summed E-state index contributed by atoms with van der Waals surface area (Å²) in [5.41, 5.74) is 1.08. The van der Waals surface area contributed by atoms with E-state index < -0.39 is 0 Å². The van der Waals surface area contributed by atoms with E-state index in [0.29, 0.717) is 10.9 Å². The van der Waals surface area contributed by atoms with Gasteiger partial charge >= 0.3 is 0 Å². The summed E-state index contributed by atoms with van der Waals surface area (Å²) in [4.78, 5) is 25.8. The van der Waals surface area contributed by atoms with E-state index >= 15 is 0 Å². The number of H-pyrrole nitrogens is 2. The van der Waals surface area contributed by atoms with Crippen LogP contribution >= 0.6 is 0 Å². The van der Waals surface area contributed by atoms with Crippen LogP contribution in [0.25, 0.3) is 21.8 Å². The number of aromatic amines is 2. The molecule has 0 aliphatic rings. The number of anilines is 1. The third kappa shape index (κ3) is 1.46. The molecule has 1 aromatic carbocycles.